The summed E-state index contributed by atoms with van der Waals surface area (Å²) in [6.45, 7) is 2.93. The average molecular weight is 278 g/mol. The van der Waals surface area contributed by atoms with Crippen LogP contribution in [0.5, 0.6) is 0 Å². The van der Waals surface area contributed by atoms with E-state index in [9.17, 15) is 20.0 Å². The summed E-state index contributed by atoms with van der Waals surface area (Å²) in [7, 11) is 0. The SMILES string of the molecule is Cc1cc(C(=O)N2CCCC(CO)C2)ccc1[N+](=O)[O-]. The predicted molar refractivity (Wildman–Crippen MR) is 73.5 cm³/mol. The van der Waals surface area contributed by atoms with Gasteiger partial charge in [-0.1, -0.05) is 0 Å². The van der Waals surface area contributed by atoms with E-state index in [2.05, 4.69) is 0 Å². The molecule has 108 valence electrons. The second kappa shape index (κ2) is 6.00. The third-order valence-corrected chi connectivity index (χ3v) is 3.70. The van der Waals surface area contributed by atoms with E-state index in [1.54, 1.807) is 17.9 Å². The van der Waals surface area contributed by atoms with Gasteiger partial charge in [0.25, 0.3) is 11.6 Å². The van der Waals surface area contributed by atoms with Gasteiger partial charge in [0.2, 0.25) is 0 Å². The molecular weight excluding hydrogens is 260 g/mol. The molecule has 1 aromatic rings. The summed E-state index contributed by atoms with van der Waals surface area (Å²) in [6.07, 6.45) is 1.81. The van der Waals surface area contributed by atoms with Gasteiger partial charge in [-0.3, -0.25) is 14.9 Å². The number of benzene rings is 1. The fourth-order valence-electron chi connectivity index (χ4n) is 2.57. The van der Waals surface area contributed by atoms with Crippen molar-refractivity contribution >= 4 is 11.6 Å². The summed E-state index contributed by atoms with van der Waals surface area (Å²) in [6, 6.07) is 4.43. The lowest BCUT2D eigenvalue weighted by Crippen LogP contribution is -2.40. The number of carbonyl (C=O) groups excluding carboxylic acids is 1. The molecule has 0 aromatic heterocycles. The van der Waals surface area contributed by atoms with Crippen LogP contribution in [0.2, 0.25) is 0 Å². The molecule has 0 aliphatic carbocycles. The number of nitro benzene ring substituents is 1. The van der Waals surface area contributed by atoms with Crippen molar-refractivity contribution in [1.82, 2.24) is 4.90 Å². The van der Waals surface area contributed by atoms with Gasteiger partial charge in [-0.2, -0.15) is 0 Å². The quantitative estimate of drug-likeness (QED) is 0.674. The first-order valence-electron chi connectivity index (χ1n) is 6.68. The van der Waals surface area contributed by atoms with Gasteiger partial charge in [-0.15, -0.1) is 0 Å². The summed E-state index contributed by atoms with van der Waals surface area (Å²) in [4.78, 5) is 24.4. The van der Waals surface area contributed by atoms with Crippen LogP contribution < -0.4 is 0 Å². The highest BCUT2D eigenvalue weighted by Crippen LogP contribution is 2.22. The number of likely N-dealkylation sites (tertiary alicyclic amines) is 1. The van der Waals surface area contributed by atoms with E-state index in [4.69, 9.17) is 0 Å². The van der Waals surface area contributed by atoms with Gasteiger partial charge >= 0.3 is 0 Å². The summed E-state index contributed by atoms with van der Waals surface area (Å²) >= 11 is 0. The molecule has 20 heavy (non-hydrogen) atoms. The number of hydrogen-bond donors (Lipinski definition) is 1. The number of aryl methyl sites for hydroxylation is 1. The molecule has 6 heteroatoms. The fraction of sp³-hybridized carbons (Fsp3) is 0.500. The molecule has 1 N–H and O–H groups in total. The molecule has 2 rings (SSSR count). The first kappa shape index (κ1) is 14.5. The van der Waals surface area contributed by atoms with Crippen LogP contribution in [0.1, 0.15) is 28.8 Å². The summed E-state index contributed by atoms with van der Waals surface area (Å²) in [5, 5.41) is 20.0. The number of aliphatic hydroxyl groups excluding tert-OH is 1. The Hall–Kier alpha value is -1.95. The molecule has 0 spiro atoms. The van der Waals surface area contributed by atoms with E-state index < -0.39 is 4.92 Å². The molecule has 0 bridgehead atoms. The largest absolute Gasteiger partial charge is 0.396 e. The van der Waals surface area contributed by atoms with Gasteiger partial charge < -0.3 is 10.0 Å². The number of hydrogen-bond acceptors (Lipinski definition) is 4. The number of aliphatic hydroxyl groups is 1. The Balaban J connectivity index is 2.17. The highest BCUT2D eigenvalue weighted by atomic mass is 16.6. The lowest BCUT2D eigenvalue weighted by molar-refractivity contribution is -0.385. The molecule has 1 amide bonds. The Morgan fingerprint density at radius 2 is 2.30 bits per heavy atom. The molecule has 1 atom stereocenters. The molecule has 1 aliphatic rings. The molecule has 1 saturated heterocycles. The van der Waals surface area contributed by atoms with Gasteiger partial charge in [0.1, 0.15) is 0 Å². The minimum atomic E-state index is -0.452. The number of carbonyl (C=O) groups is 1. The van der Waals surface area contributed by atoms with E-state index in [0.717, 1.165) is 12.8 Å². The van der Waals surface area contributed by atoms with Crippen LogP contribution in [0.25, 0.3) is 0 Å². The van der Waals surface area contributed by atoms with Crippen LogP contribution in [-0.2, 0) is 0 Å². The number of nitro groups is 1. The zero-order chi connectivity index (χ0) is 14.7. The number of amides is 1. The first-order chi connectivity index (χ1) is 9.52. The Morgan fingerprint density at radius 1 is 1.55 bits per heavy atom. The molecule has 1 unspecified atom stereocenters. The van der Waals surface area contributed by atoms with Gasteiger partial charge in [0.15, 0.2) is 0 Å². The van der Waals surface area contributed by atoms with Crippen molar-refractivity contribution in [2.75, 3.05) is 19.7 Å². The highest BCUT2D eigenvalue weighted by Gasteiger charge is 2.24. The minimum absolute atomic E-state index is 0.0217. The molecule has 1 fully saturated rings. The minimum Gasteiger partial charge on any atom is -0.396 e. The van der Waals surface area contributed by atoms with Crippen molar-refractivity contribution in [2.24, 2.45) is 5.92 Å². The van der Waals surface area contributed by atoms with Crippen LogP contribution in [0, 0.1) is 23.0 Å². The second-order valence-electron chi connectivity index (χ2n) is 5.20. The van der Waals surface area contributed by atoms with Gasteiger partial charge in [-0.25, -0.2) is 0 Å². The van der Waals surface area contributed by atoms with Crippen molar-refractivity contribution in [3.63, 3.8) is 0 Å². The highest BCUT2D eigenvalue weighted by molar-refractivity contribution is 5.94. The molecule has 1 heterocycles. The van der Waals surface area contributed by atoms with Crippen LogP contribution in [0.3, 0.4) is 0 Å². The monoisotopic (exact) mass is 278 g/mol. The summed E-state index contributed by atoms with van der Waals surface area (Å²) in [5.41, 5.74) is 0.969. The topological polar surface area (TPSA) is 83.7 Å². The molecule has 6 nitrogen and oxygen atoms in total. The van der Waals surface area contributed by atoms with E-state index in [1.165, 1.54) is 12.1 Å². The zero-order valence-electron chi connectivity index (χ0n) is 11.4. The predicted octanol–water partition coefficient (Wildman–Crippen LogP) is 1.75. The van der Waals surface area contributed by atoms with Crippen LogP contribution in [-0.4, -0.2) is 40.5 Å². The Bertz CT molecular complexity index is 530. The van der Waals surface area contributed by atoms with Crippen LogP contribution >= 0.6 is 0 Å². The van der Waals surface area contributed by atoms with Gasteiger partial charge in [0, 0.05) is 36.9 Å². The first-order valence-corrected chi connectivity index (χ1v) is 6.68. The van der Waals surface area contributed by atoms with Gasteiger partial charge in [-0.05, 0) is 37.8 Å². The maximum atomic E-state index is 12.4. The number of piperidine rings is 1. The zero-order valence-corrected chi connectivity index (χ0v) is 11.4. The molecular formula is C14H18N2O4. The van der Waals surface area contributed by atoms with Gasteiger partial charge in [0.05, 0.1) is 4.92 Å². The maximum Gasteiger partial charge on any atom is 0.272 e. The van der Waals surface area contributed by atoms with Crippen molar-refractivity contribution in [3.8, 4) is 0 Å². The normalized spacial score (nSPS) is 18.9. The van der Waals surface area contributed by atoms with Crippen molar-refractivity contribution in [2.45, 2.75) is 19.8 Å². The Kier molecular flexibility index (Phi) is 4.34. The lowest BCUT2D eigenvalue weighted by Gasteiger charge is -2.32. The third kappa shape index (κ3) is 2.96. The lowest BCUT2D eigenvalue weighted by atomic mass is 9.98. The standard InChI is InChI=1S/C14H18N2O4/c1-10-7-12(4-5-13(10)16(19)20)14(18)15-6-2-3-11(8-15)9-17/h4-5,7,11,17H,2-3,6,8-9H2,1H3. The maximum absolute atomic E-state index is 12.4. The van der Waals surface area contributed by atoms with E-state index in [1.807, 2.05) is 0 Å². The van der Waals surface area contributed by atoms with Crippen molar-refractivity contribution < 1.29 is 14.8 Å². The third-order valence-electron chi connectivity index (χ3n) is 3.70. The Labute approximate surface area is 117 Å². The van der Waals surface area contributed by atoms with Crippen LogP contribution in [0.4, 0.5) is 5.69 Å². The number of nitrogens with zero attached hydrogens (tertiary/aromatic N) is 2. The van der Waals surface area contributed by atoms with E-state index >= 15 is 0 Å². The van der Waals surface area contributed by atoms with Crippen molar-refractivity contribution in [1.29, 1.82) is 0 Å². The smallest absolute Gasteiger partial charge is 0.272 e. The number of rotatable bonds is 3. The van der Waals surface area contributed by atoms with E-state index in [-0.39, 0.29) is 24.1 Å². The summed E-state index contributed by atoms with van der Waals surface area (Å²) in [5.74, 6) is 0.00740. The van der Waals surface area contributed by atoms with Crippen molar-refractivity contribution in [3.05, 3.63) is 39.4 Å². The molecule has 0 radical (unpaired) electrons. The van der Waals surface area contributed by atoms with Crippen LogP contribution in [0.15, 0.2) is 18.2 Å². The fourth-order valence-corrected chi connectivity index (χ4v) is 2.57. The second-order valence-corrected chi connectivity index (χ2v) is 5.20. The summed E-state index contributed by atoms with van der Waals surface area (Å²) < 4.78 is 0. The molecule has 1 aromatic carbocycles. The molecule has 0 saturated carbocycles. The van der Waals surface area contributed by atoms with E-state index in [0.29, 0.717) is 24.2 Å². The molecule has 1 aliphatic heterocycles. The Morgan fingerprint density at radius 3 is 2.90 bits per heavy atom. The average Bonchev–Trinajstić information content (AvgIpc) is 2.46.